The first-order valence-corrected chi connectivity index (χ1v) is 16.1. The number of carbonyl (C=O) groups is 2. The fourth-order valence-electron chi connectivity index (χ4n) is 12.0. The van der Waals surface area contributed by atoms with Crippen molar-refractivity contribution in [1.29, 1.82) is 0 Å². The predicted octanol–water partition coefficient (Wildman–Crippen LogP) is 8.69. The van der Waals surface area contributed by atoms with Crippen molar-refractivity contribution in [3.05, 3.63) is 12.2 Å². The van der Waals surface area contributed by atoms with Crippen LogP contribution in [0.3, 0.4) is 0 Å². The zero-order chi connectivity index (χ0) is 28.8. The first-order valence-electron chi connectivity index (χ1n) is 16.1. The normalized spacial score (nSPS) is 48.9. The number of ether oxygens (including phenoxy) is 1. The summed E-state index contributed by atoms with van der Waals surface area (Å²) < 4.78 is 6.25. The number of carboxylic acids is 1. The molecule has 10 atom stereocenters. The highest BCUT2D eigenvalue weighted by Gasteiger charge is 2.72. The third kappa shape index (κ3) is 3.88. The van der Waals surface area contributed by atoms with Gasteiger partial charge in [-0.2, -0.15) is 0 Å². The average molecular weight is 541 g/mol. The lowest BCUT2D eigenvalue weighted by molar-refractivity contribution is -0.251. The van der Waals surface area contributed by atoms with Crippen LogP contribution in [0.15, 0.2) is 12.2 Å². The van der Waals surface area contributed by atoms with Crippen LogP contribution in [0.1, 0.15) is 127 Å². The van der Waals surface area contributed by atoms with Crippen molar-refractivity contribution in [2.75, 3.05) is 0 Å². The van der Waals surface area contributed by atoms with Crippen LogP contribution in [0.25, 0.3) is 0 Å². The Morgan fingerprint density at radius 2 is 1.51 bits per heavy atom. The van der Waals surface area contributed by atoms with Gasteiger partial charge in [-0.1, -0.05) is 46.8 Å². The van der Waals surface area contributed by atoms with Crippen molar-refractivity contribution in [2.24, 2.45) is 62.1 Å². The number of hydrogen-bond acceptors (Lipinski definition) is 3. The molecule has 0 heterocycles. The van der Waals surface area contributed by atoms with Crippen molar-refractivity contribution < 1.29 is 19.4 Å². The third-order valence-electron chi connectivity index (χ3n) is 14.2. The second-order valence-corrected chi connectivity index (χ2v) is 16.9. The Morgan fingerprint density at radius 3 is 2.13 bits per heavy atom. The van der Waals surface area contributed by atoms with Crippen molar-refractivity contribution in [2.45, 2.75) is 133 Å². The van der Waals surface area contributed by atoms with Gasteiger partial charge in [0.15, 0.2) is 0 Å². The van der Waals surface area contributed by atoms with Gasteiger partial charge in [0.2, 0.25) is 0 Å². The molecule has 39 heavy (non-hydrogen) atoms. The fraction of sp³-hybridized carbons (Fsp3) is 0.886. The van der Waals surface area contributed by atoms with E-state index in [4.69, 9.17) is 4.74 Å². The lowest BCUT2D eigenvalue weighted by Crippen LogP contribution is -2.67. The third-order valence-corrected chi connectivity index (χ3v) is 14.2. The van der Waals surface area contributed by atoms with Gasteiger partial charge in [0.05, 0.1) is 10.8 Å². The van der Waals surface area contributed by atoms with Crippen LogP contribution >= 0.6 is 0 Å². The fourth-order valence-corrected chi connectivity index (χ4v) is 12.0. The average Bonchev–Trinajstić information content (AvgIpc) is 3.21. The van der Waals surface area contributed by atoms with Gasteiger partial charge in [0.1, 0.15) is 6.10 Å². The van der Waals surface area contributed by atoms with Gasteiger partial charge in [-0.05, 0) is 138 Å². The molecule has 5 rings (SSSR count). The van der Waals surface area contributed by atoms with Gasteiger partial charge in [-0.15, -0.1) is 0 Å². The Hall–Kier alpha value is -1.32. The summed E-state index contributed by atoms with van der Waals surface area (Å²) in [4.78, 5) is 25.8. The van der Waals surface area contributed by atoms with Crippen LogP contribution in [0.4, 0.5) is 0 Å². The molecule has 0 saturated heterocycles. The Balaban J connectivity index is 1.47. The smallest absolute Gasteiger partial charge is 0.311 e. The highest BCUT2D eigenvalue weighted by atomic mass is 16.5. The molecule has 0 aromatic carbocycles. The summed E-state index contributed by atoms with van der Waals surface area (Å²) in [5.41, 5.74) is -0.478. The lowest BCUT2D eigenvalue weighted by Gasteiger charge is -2.72. The van der Waals surface area contributed by atoms with E-state index in [1.165, 1.54) is 19.3 Å². The monoisotopic (exact) mass is 540 g/mol. The van der Waals surface area contributed by atoms with E-state index in [0.29, 0.717) is 23.7 Å². The van der Waals surface area contributed by atoms with Crippen LogP contribution in [0.2, 0.25) is 0 Å². The quantitative estimate of drug-likeness (QED) is 0.287. The topological polar surface area (TPSA) is 63.6 Å². The van der Waals surface area contributed by atoms with Gasteiger partial charge in [0, 0.05) is 5.41 Å². The lowest BCUT2D eigenvalue weighted by atomic mass is 9.32. The molecule has 5 fully saturated rings. The first-order chi connectivity index (χ1) is 18.0. The van der Waals surface area contributed by atoms with Crippen LogP contribution in [-0.4, -0.2) is 23.1 Å². The molecular weight excluding hydrogens is 484 g/mol. The van der Waals surface area contributed by atoms with Gasteiger partial charge < -0.3 is 9.84 Å². The molecule has 5 saturated carbocycles. The second kappa shape index (κ2) is 9.09. The van der Waals surface area contributed by atoms with Gasteiger partial charge in [-0.3, -0.25) is 9.59 Å². The summed E-state index contributed by atoms with van der Waals surface area (Å²) in [5, 5.41) is 10.6. The number of carboxylic acid groups (broad SMARTS) is 1. The van der Waals surface area contributed by atoms with Crippen molar-refractivity contribution in [3.63, 3.8) is 0 Å². The maximum Gasteiger partial charge on any atom is 0.311 e. The number of aliphatic carboxylic acids is 1. The molecule has 5 aliphatic rings. The molecule has 0 amide bonds. The minimum absolute atomic E-state index is 0.0236. The zero-order valence-corrected chi connectivity index (χ0v) is 26.4. The molecule has 5 aliphatic carbocycles. The molecule has 4 heteroatoms. The molecule has 0 spiro atoms. The SMILES string of the molecule is C/C=C/[C@@H]1CCC2(C(=O)O)CC[C@]3(C)[C@H](CCC4[C@@]5(C)CC[C@H](OC(=O)C(C)(C)C)C(C)(C)[C@@H]5CC[C@]43C)C12. The maximum absolute atomic E-state index is 12.9. The van der Waals surface area contributed by atoms with Crippen LogP contribution < -0.4 is 0 Å². The van der Waals surface area contributed by atoms with Crippen molar-refractivity contribution >= 4 is 11.9 Å². The number of esters is 1. The van der Waals surface area contributed by atoms with E-state index in [1.54, 1.807) is 0 Å². The van der Waals surface area contributed by atoms with Gasteiger partial charge >= 0.3 is 11.9 Å². The summed E-state index contributed by atoms with van der Waals surface area (Å²) in [6.07, 6.45) is 15.1. The minimum atomic E-state index is -0.533. The zero-order valence-electron chi connectivity index (χ0n) is 26.4. The van der Waals surface area contributed by atoms with E-state index in [9.17, 15) is 14.7 Å². The molecular formula is C35H56O4. The van der Waals surface area contributed by atoms with E-state index in [1.807, 2.05) is 20.8 Å². The molecule has 220 valence electrons. The highest BCUT2D eigenvalue weighted by Crippen LogP contribution is 2.77. The Bertz CT molecular complexity index is 1040. The summed E-state index contributed by atoms with van der Waals surface area (Å²) in [5.74, 6) is 1.68. The minimum Gasteiger partial charge on any atom is -0.481 e. The van der Waals surface area contributed by atoms with Gasteiger partial charge in [-0.25, -0.2) is 0 Å². The molecule has 1 N–H and O–H groups in total. The molecule has 0 bridgehead atoms. The summed E-state index contributed by atoms with van der Waals surface area (Å²) >= 11 is 0. The largest absolute Gasteiger partial charge is 0.481 e. The maximum atomic E-state index is 12.9. The summed E-state index contributed by atoms with van der Waals surface area (Å²) in [7, 11) is 0. The Kier molecular flexibility index (Phi) is 6.80. The standard InChI is InChI=1S/C35H56O4/c1-10-11-22-14-19-35(28(36)37)21-20-33(8)23(27(22)35)12-13-25-32(7)17-16-26(39-29(38)30(2,3)4)31(5,6)24(32)15-18-34(25,33)9/h10-11,22-27H,12-21H2,1-9H3,(H,36,37)/b11-10+/t22-,23-,24+,25?,26+,27?,32+,33-,34-,35?/m1/s1. The van der Waals surface area contributed by atoms with E-state index >= 15 is 0 Å². The Labute approximate surface area is 238 Å². The molecule has 0 radical (unpaired) electrons. The number of allylic oxidation sites excluding steroid dienone is 2. The summed E-state index contributed by atoms with van der Waals surface area (Å²) in [6, 6.07) is 0. The molecule has 4 nitrogen and oxygen atoms in total. The number of carbonyl (C=O) groups excluding carboxylic acids is 1. The Morgan fingerprint density at radius 1 is 0.821 bits per heavy atom. The van der Waals surface area contributed by atoms with E-state index in [0.717, 1.165) is 44.9 Å². The predicted molar refractivity (Wildman–Crippen MR) is 156 cm³/mol. The van der Waals surface area contributed by atoms with Gasteiger partial charge in [0.25, 0.3) is 0 Å². The first kappa shape index (κ1) is 29.2. The summed E-state index contributed by atoms with van der Waals surface area (Å²) in [6.45, 7) is 20.5. The van der Waals surface area contributed by atoms with Crippen LogP contribution in [-0.2, 0) is 14.3 Å². The number of rotatable bonds is 3. The van der Waals surface area contributed by atoms with Crippen molar-refractivity contribution in [1.82, 2.24) is 0 Å². The molecule has 3 unspecified atom stereocenters. The highest BCUT2D eigenvalue weighted by molar-refractivity contribution is 5.76. The molecule has 0 aromatic rings. The molecule has 0 aliphatic heterocycles. The van der Waals surface area contributed by atoms with E-state index in [2.05, 4.69) is 53.7 Å². The second-order valence-electron chi connectivity index (χ2n) is 16.9. The van der Waals surface area contributed by atoms with Crippen LogP contribution in [0, 0.1) is 62.1 Å². The van der Waals surface area contributed by atoms with Crippen molar-refractivity contribution in [3.8, 4) is 0 Å². The number of hydrogen-bond donors (Lipinski definition) is 1. The van der Waals surface area contributed by atoms with E-state index in [-0.39, 0.29) is 39.7 Å². The molecule has 0 aromatic heterocycles. The number of fused-ring (bicyclic) bond motifs is 7. The van der Waals surface area contributed by atoms with Crippen LogP contribution in [0.5, 0.6) is 0 Å². The van der Waals surface area contributed by atoms with E-state index < -0.39 is 16.8 Å².